The first kappa shape index (κ1) is 13.2. The second-order valence-electron chi connectivity index (χ2n) is 6.22. The van der Waals surface area contributed by atoms with Crippen molar-refractivity contribution in [3.63, 3.8) is 0 Å². The summed E-state index contributed by atoms with van der Waals surface area (Å²) in [5, 5.41) is 11.6. The zero-order valence-corrected chi connectivity index (χ0v) is 11.6. The summed E-state index contributed by atoms with van der Waals surface area (Å²) in [6, 6.07) is 9.68. The van der Waals surface area contributed by atoms with Crippen LogP contribution in [0.5, 0.6) is 0 Å². The Morgan fingerprint density at radius 2 is 2.05 bits per heavy atom. The van der Waals surface area contributed by atoms with Gasteiger partial charge in [0.1, 0.15) is 0 Å². The number of hydrogen-bond donors (Lipinski definition) is 1. The van der Waals surface area contributed by atoms with Gasteiger partial charge in [-0.25, -0.2) is 0 Å². The highest BCUT2D eigenvalue weighted by Gasteiger charge is 2.40. The number of hydrogen-bond acceptors (Lipinski definition) is 2. The van der Waals surface area contributed by atoms with Crippen LogP contribution in [0.2, 0.25) is 0 Å². The average molecular weight is 268 g/mol. The topological polar surface area (TPSA) is 52.9 Å². The van der Waals surface area contributed by atoms with Crippen molar-refractivity contribution in [3.05, 3.63) is 29.8 Å². The van der Waals surface area contributed by atoms with Gasteiger partial charge in [0.2, 0.25) is 5.91 Å². The fourth-order valence-corrected chi connectivity index (χ4v) is 3.87. The zero-order chi connectivity index (χ0) is 13.9. The summed E-state index contributed by atoms with van der Waals surface area (Å²) in [6.45, 7) is 0. The molecule has 3 heteroatoms. The number of nitriles is 1. The Hall–Kier alpha value is -1.82. The standard InChI is InChI=1S/C17H20N2O/c18-8-7-12-2-5-16(6-3-12)19-17(20)11-15-10-13-1-4-14(15)9-13/h2-3,5-6,13-15H,1,4,7,9-11H2,(H,19,20)/t13-,14+,15+/m0/s1. The monoisotopic (exact) mass is 268 g/mol. The zero-order valence-electron chi connectivity index (χ0n) is 11.6. The maximum Gasteiger partial charge on any atom is 0.224 e. The molecule has 0 unspecified atom stereocenters. The molecular formula is C17H20N2O. The van der Waals surface area contributed by atoms with Crippen molar-refractivity contribution in [3.8, 4) is 6.07 Å². The lowest BCUT2D eigenvalue weighted by Crippen LogP contribution is -2.20. The minimum Gasteiger partial charge on any atom is -0.326 e. The van der Waals surface area contributed by atoms with E-state index in [2.05, 4.69) is 11.4 Å². The van der Waals surface area contributed by atoms with E-state index in [1.807, 2.05) is 24.3 Å². The van der Waals surface area contributed by atoms with Gasteiger partial charge in [-0.15, -0.1) is 0 Å². The van der Waals surface area contributed by atoms with Gasteiger partial charge < -0.3 is 5.32 Å². The molecule has 0 radical (unpaired) electrons. The first-order chi connectivity index (χ1) is 9.74. The van der Waals surface area contributed by atoms with Crippen LogP contribution in [0.15, 0.2) is 24.3 Å². The number of rotatable bonds is 4. The highest BCUT2D eigenvalue weighted by Crippen LogP contribution is 2.49. The maximum absolute atomic E-state index is 12.1. The largest absolute Gasteiger partial charge is 0.326 e. The lowest BCUT2D eigenvalue weighted by Gasteiger charge is -2.20. The molecule has 0 spiro atoms. The number of nitrogens with zero attached hydrogens (tertiary/aromatic N) is 1. The Labute approximate surface area is 120 Å². The predicted octanol–water partition coefficient (Wildman–Crippen LogP) is 3.52. The van der Waals surface area contributed by atoms with Crippen LogP contribution in [0.3, 0.4) is 0 Å². The highest BCUT2D eigenvalue weighted by atomic mass is 16.1. The summed E-state index contributed by atoms with van der Waals surface area (Å²) in [4.78, 5) is 12.1. The Kier molecular flexibility index (Phi) is 3.73. The van der Waals surface area contributed by atoms with Crippen molar-refractivity contribution in [1.29, 1.82) is 5.26 Å². The summed E-state index contributed by atoms with van der Waals surface area (Å²) in [5.74, 6) is 2.43. The van der Waals surface area contributed by atoms with Crippen molar-refractivity contribution >= 4 is 11.6 Å². The molecule has 3 rings (SSSR count). The molecule has 1 amide bonds. The summed E-state index contributed by atoms with van der Waals surface area (Å²) in [7, 11) is 0. The van der Waals surface area contributed by atoms with Crippen LogP contribution >= 0.6 is 0 Å². The van der Waals surface area contributed by atoms with Crippen LogP contribution in [0.1, 0.15) is 37.7 Å². The van der Waals surface area contributed by atoms with Gasteiger partial charge in [-0.1, -0.05) is 18.6 Å². The number of fused-ring (bicyclic) bond motifs is 2. The molecule has 0 aromatic heterocycles. The van der Waals surface area contributed by atoms with Crippen LogP contribution in [-0.2, 0) is 11.2 Å². The third-order valence-electron chi connectivity index (χ3n) is 4.85. The fraction of sp³-hybridized carbons (Fsp3) is 0.529. The molecule has 104 valence electrons. The molecule has 2 fully saturated rings. The molecule has 2 bridgehead atoms. The number of benzene rings is 1. The van der Waals surface area contributed by atoms with Crippen molar-refractivity contribution in [2.45, 2.75) is 38.5 Å². The molecule has 2 saturated carbocycles. The maximum atomic E-state index is 12.1. The Bertz CT molecular complexity index is 529. The van der Waals surface area contributed by atoms with Crippen LogP contribution in [0, 0.1) is 29.1 Å². The summed E-state index contributed by atoms with van der Waals surface area (Å²) < 4.78 is 0. The quantitative estimate of drug-likeness (QED) is 0.908. The van der Waals surface area contributed by atoms with Gasteiger partial charge in [0.15, 0.2) is 0 Å². The van der Waals surface area contributed by atoms with E-state index in [0.717, 1.165) is 23.1 Å². The number of nitrogens with one attached hydrogen (secondary N) is 1. The molecule has 0 heterocycles. The molecule has 0 aliphatic heterocycles. The average Bonchev–Trinajstić information content (AvgIpc) is 3.03. The van der Waals surface area contributed by atoms with E-state index in [4.69, 9.17) is 5.26 Å². The normalized spacial score (nSPS) is 27.2. The second-order valence-corrected chi connectivity index (χ2v) is 6.22. The van der Waals surface area contributed by atoms with E-state index in [1.54, 1.807) is 0 Å². The van der Waals surface area contributed by atoms with Gasteiger partial charge in [-0.3, -0.25) is 4.79 Å². The molecule has 1 N–H and O–H groups in total. The summed E-state index contributed by atoms with van der Waals surface area (Å²) in [5.41, 5.74) is 1.82. The van der Waals surface area contributed by atoms with Crippen LogP contribution < -0.4 is 5.32 Å². The van der Waals surface area contributed by atoms with E-state index in [9.17, 15) is 4.79 Å². The molecule has 2 aliphatic rings. The SMILES string of the molecule is N#CCc1ccc(NC(=O)C[C@H]2C[C@H]3CC[C@@H]2C3)cc1. The minimum absolute atomic E-state index is 0.135. The van der Waals surface area contributed by atoms with Gasteiger partial charge in [0.05, 0.1) is 12.5 Å². The van der Waals surface area contributed by atoms with Gasteiger partial charge in [0.25, 0.3) is 0 Å². The number of anilines is 1. The molecule has 3 atom stereocenters. The van der Waals surface area contributed by atoms with Crippen molar-refractivity contribution in [2.24, 2.45) is 17.8 Å². The number of amides is 1. The Balaban J connectivity index is 1.52. The van der Waals surface area contributed by atoms with E-state index in [0.29, 0.717) is 18.8 Å². The lowest BCUT2D eigenvalue weighted by molar-refractivity contribution is -0.117. The van der Waals surface area contributed by atoms with Crippen molar-refractivity contribution in [2.75, 3.05) is 5.32 Å². The lowest BCUT2D eigenvalue weighted by atomic mass is 9.86. The number of carbonyl (C=O) groups excluding carboxylic acids is 1. The summed E-state index contributed by atoms with van der Waals surface area (Å²) >= 11 is 0. The highest BCUT2D eigenvalue weighted by molar-refractivity contribution is 5.90. The van der Waals surface area contributed by atoms with E-state index >= 15 is 0 Å². The predicted molar refractivity (Wildman–Crippen MR) is 77.9 cm³/mol. The van der Waals surface area contributed by atoms with E-state index < -0.39 is 0 Å². The first-order valence-corrected chi connectivity index (χ1v) is 7.50. The van der Waals surface area contributed by atoms with Crippen LogP contribution in [0.4, 0.5) is 5.69 Å². The molecule has 1 aromatic carbocycles. The summed E-state index contributed by atoms with van der Waals surface area (Å²) in [6.07, 6.45) is 6.38. The van der Waals surface area contributed by atoms with Gasteiger partial charge in [-0.2, -0.15) is 5.26 Å². The Morgan fingerprint density at radius 1 is 1.25 bits per heavy atom. The van der Waals surface area contributed by atoms with Gasteiger partial charge in [-0.05, 0) is 54.7 Å². The molecule has 0 saturated heterocycles. The molecule has 20 heavy (non-hydrogen) atoms. The third-order valence-corrected chi connectivity index (χ3v) is 4.85. The Morgan fingerprint density at radius 3 is 2.65 bits per heavy atom. The van der Waals surface area contributed by atoms with E-state index in [-0.39, 0.29) is 5.91 Å². The molecule has 3 nitrogen and oxygen atoms in total. The second kappa shape index (κ2) is 5.66. The number of carbonyl (C=O) groups is 1. The van der Waals surface area contributed by atoms with Gasteiger partial charge in [0, 0.05) is 12.1 Å². The van der Waals surface area contributed by atoms with Gasteiger partial charge >= 0.3 is 0 Å². The first-order valence-electron chi connectivity index (χ1n) is 7.50. The van der Waals surface area contributed by atoms with Crippen molar-refractivity contribution < 1.29 is 4.79 Å². The molecule has 1 aromatic rings. The smallest absolute Gasteiger partial charge is 0.224 e. The molecular weight excluding hydrogens is 248 g/mol. The van der Waals surface area contributed by atoms with E-state index in [1.165, 1.54) is 25.7 Å². The van der Waals surface area contributed by atoms with Crippen LogP contribution in [-0.4, -0.2) is 5.91 Å². The minimum atomic E-state index is 0.135. The third kappa shape index (κ3) is 2.85. The fourth-order valence-electron chi connectivity index (χ4n) is 3.87. The van der Waals surface area contributed by atoms with Crippen molar-refractivity contribution in [1.82, 2.24) is 0 Å². The van der Waals surface area contributed by atoms with Crippen LogP contribution in [0.25, 0.3) is 0 Å². The molecule has 2 aliphatic carbocycles.